The molecular weight excluding hydrogens is 302 g/mol. The van der Waals surface area contributed by atoms with Crippen LogP contribution in [0.2, 0.25) is 0 Å². The van der Waals surface area contributed by atoms with Crippen molar-refractivity contribution < 1.29 is 19.4 Å². The fourth-order valence-electron chi connectivity index (χ4n) is 2.87. The van der Waals surface area contributed by atoms with Crippen LogP contribution < -0.4 is 0 Å². The van der Waals surface area contributed by atoms with Crippen molar-refractivity contribution in [3.05, 3.63) is 27.0 Å². The topological polar surface area (TPSA) is 66.8 Å². The molecule has 1 N–H and O–H groups in total. The number of esters is 1. The molecule has 0 bridgehead atoms. The number of carboxylic acid groups (broad SMARTS) is 1. The highest BCUT2D eigenvalue weighted by Gasteiger charge is 2.23. The van der Waals surface area contributed by atoms with Gasteiger partial charge in [-0.15, -0.1) is 11.3 Å². The maximum Gasteiger partial charge on any atom is 0.407 e. The van der Waals surface area contributed by atoms with Gasteiger partial charge in [-0.25, -0.2) is 9.59 Å². The number of hydrogen-bond donors (Lipinski definition) is 1. The zero-order chi connectivity index (χ0) is 16.3. The van der Waals surface area contributed by atoms with E-state index in [1.165, 1.54) is 23.2 Å². The largest absolute Gasteiger partial charge is 0.465 e. The first-order chi connectivity index (χ1) is 10.5. The molecule has 120 valence electrons. The van der Waals surface area contributed by atoms with E-state index in [9.17, 15) is 9.59 Å². The van der Waals surface area contributed by atoms with Crippen molar-refractivity contribution >= 4 is 29.0 Å². The molecule has 22 heavy (non-hydrogen) atoms. The van der Waals surface area contributed by atoms with Gasteiger partial charge in [0.25, 0.3) is 0 Å². The lowest BCUT2D eigenvalue weighted by Crippen LogP contribution is -2.35. The summed E-state index contributed by atoms with van der Waals surface area (Å²) in [7, 11) is 1.39. The summed E-state index contributed by atoms with van der Waals surface area (Å²) in [6, 6.07) is 0. The molecule has 1 fully saturated rings. The van der Waals surface area contributed by atoms with E-state index in [2.05, 4.69) is 6.92 Å². The number of methoxy groups -OCH3 is 1. The summed E-state index contributed by atoms with van der Waals surface area (Å²) in [5, 5.41) is 10.9. The molecule has 0 atom stereocenters. The van der Waals surface area contributed by atoms with Crippen molar-refractivity contribution in [3.8, 4) is 0 Å². The van der Waals surface area contributed by atoms with E-state index in [4.69, 9.17) is 9.84 Å². The summed E-state index contributed by atoms with van der Waals surface area (Å²) in [5.74, 6) is -0.304. The molecule has 0 saturated carbocycles. The molecule has 0 spiro atoms. The van der Waals surface area contributed by atoms with Gasteiger partial charge in [0.05, 0.1) is 12.7 Å². The Morgan fingerprint density at radius 3 is 2.50 bits per heavy atom. The molecule has 1 aliphatic heterocycles. The van der Waals surface area contributed by atoms with E-state index >= 15 is 0 Å². The van der Waals surface area contributed by atoms with Crippen LogP contribution in [0.4, 0.5) is 4.79 Å². The van der Waals surface area contributed by atoms with Crippen LogP contribution in [-0.4, -0.2) is 42.3 Å². The number of rotatable bonds is 3. The quantitative estimate of drug-likeness (QED) is 0.860. The van der Waals surface area contributed by atoms with Crippen LogP contribution in [-0.2, 0) is 4.74 Å². The van der Waals surface area contributed by atoms with Crippen molar-refractivity contribution in [1.29, 1.82) is 0 Å². The minimum absolute atomic E-state index is 0.304. The maximum absolute atomic E-state index is 11.7. The molecule has 2 heterocycles. The van der Waals surface area contributed by atoms with Crippen molar-refractivity contribution in [3.63, 3.8) is 0 Å². The predicted octanol–water partition coefficient (Wildman–Crippen LogP) is 3.78. The lowest BCUT2D eigenvalue weighted by Gasteiger charge is -2.27. The molecule has 0 radical (unpaired) electrons. The molecule has 1 aromatic rings. The second kappa shape index (κ2) is 6.96. The number of amides is 1. The smallest absolute Gasteiger partial charge is 0.407 e. The molecular formula is C16H21NO4S. The van der Waals surface area contributed by atoms with Crippen molar-refractivity contribution in [2.45, 2.75) is 33.1 Å². The number of allylic oxidation sites excluding steroid dienone is 1. The number of nitrogens with zero attached hydrogens (tertiary/aromatic N) is 1. The summed E-state index contributed by atoms with van der Waals surface area (Å²) in [6.07, 6.45) is 1.56. The van der Waals surface area contributed by atoms with Crippen LogP contribution in [0.15, 0.2) is 11.0 Å². The van der Waals surface area contributed by atoms with E-state index in [1.807, 2.05) is 12.3 Å². The van der Waals surface area contributed by atoms with Gasteiger partial charge in [-0.05, 0) is 37.3 Å². The van der Waals surface area contributed by atoms with Gasteiger partial charge < -0.3 is 14.7 Å². The van der Waals surface area contributed by atoms with Crippen LogP contribution in [0.25, 0.3) is 5.57 Å². The minimum atomic E-state index is -0.850. The summed E-state index contributed by atoms with van der Waals surface area (Å²) >= 11 is 1.56. The summed E-state index contributed by atoms with van der Waals surface area (Å²) in [6.45, 7) is 5.13. The Kier molecular flexibility index (Phi) is 5.24. The Hall–Kier alpha value is -1.82. The lowest BCUT2D eigenvalue weighted by atomic mass is 9.93. The Bertz CT molecular complexity index is 608. The van der Waals surface area contributed by atoms with E-state index < -0.39 is 6.09 Å². The Morgan fingerprint density at radius 1 is 1.36 bits per heavy atom. The third-order valence-electron chi connectivity index (χ3n) is 4.14. The van der Waals surface area contributed by atoms with Gasteiger partial charge in [-0.1, -0.05) is 12.5 Å². The van der Waals surface area contributed by atoms with Gasteiger partial charge in [0.2, 0.25) is 0 Å². The average molecular weight is 323 g/mol. The van der Waals surface area contributed by atoms with Crippen molar-refractivity contribution in [2.75, 3.05) is 20.2 Å². The van der Waals surface area contributed by atoms with Gasteiger partial charge >= 0.3 is 12.1 Å². The first-order valence-electron chi connectivity index (χ1n) is 7.35. The number of ether oxygens (including phenoxy) is 1. The SMILES string of the molecule is CCC(=C1CCN(C(=O)O)CC1)c1scc(C(=O)OC)c1C. The minimum Gasteiger partial charge on any atom is -0.465 e. The van der Waals surface area contributed by atoms with Crippen LogP contribution in [0, 0.1) is 6.92 Å². The first-order valence-corrected chi connectivity index (χ1v) is 8.23. The normalized spacial score (nSPS) is 14.9. The first kappa shape index (κ1) is 16.5. The molecule has 5 nitrogen and oxygen atoms in total. The van der Waals surface area contributed by atoms with Gasteiger partial charge in [0, 0.05) is 23.3 Å². The van der Waals surface area contributed by atoms with Crippen LogP contribution >= 0.6 is 11.3 Å². The summed E-state index contributed by atoms with van der Waals surface area (Å²) in [4.78, 5) is 25.3. The molecule has 0 unspecified atom stereocenters. The molecule has 6 heteroatoms. The van der Waals surface area contributed by atoms with E-state index in [1.54, 1.807) is 11.3 Å². The monoisotopic (exact) mass is 323 g/mol. The number of piperidine rings is 1. The zero-order valence-corrected chi connectivity index (χ0v) is 14.0. The second-order valence-electron chi connectivity index (χ2n) is 5.30. The Labute approximate surface area is 134 Å². The number of hydrogen-bond acceptors (Lipinski definition) is 4. The van der Waals surface area contributed by atoms with Crippen molar-refractivity contribution in [2.24, 2.45) is 0 Å². The van der Waals surface area contributed by atoms with Crippen LogP contribution in [0.1, 0.15) is 47.0 Å². The molecule has 1 amide bonds. The number of carbonyl (C=O) groups excluding carboxylic acids is 1. The third kappa shape index (κ3) is 3.16. The predicted molar refractivity (Wildman–Crippen MR) is 86.4 cm³/mol. The maximum atomic E-state index is 11.7. The van der Waals surface area contributed by atoms with Crippen LogP contribution in [0.3, 0.4) is 0 Å². The van der Waals surface area contributed by atoms with Crippen molar-refractivity contribution in [1.82, 2.24) is 4.90 Å². The van der Waals surface area contributed by atoms with Gasteiger partial charge in [0.1, 0.15) is 0 Å². The number of likely N-dealkylation sites (tertiary alicyclic amines) is 1. The highest BCUT2D eigenvalue weighted by molar-refractivity contribution is 7.11. The average Bonchev–Trinajstić information content (AvgIpc) is 2.90. The van der Waals surface area contributed by atoms with E-state index in [0.717, 1.165) is 29.7 Å². The van der Waals surface area contributed by atoms with Gasteiger partial charge in [-0.3, -0.25) is 0 Å². The molecule has 1 saturated heterocycles. The van der Waals surface area contributed by atoms with Crippen LogP contribution in [0.5, 0.6) is 0 Å². The lowest BCUT2D eigenvalue weighted by molar-refractivity contribution is 0.0600. The molecule has 1 aliphatic rings. The fraction of sp³-hybridized carbons (Fsp3) is 0.500. The third-order valence-corrected chi connectivity index (χ3v) is 5.28. The fourth-order valence-corrected chi connectivity index (χ4v) is 4.09. The molecule has 2 rings (SSSR count). The Balaban J connectivity index is 2.29. The Morgan fingerprint density at radius 2 is 2.00 bits per heavy atom. The number of carbonyl (C=O) groups is 2. The standard InChI is InChI=1S/C16H21NO4S/c1-4-12(11-5-7-17(8-6-11)16(19)20)14-10(2)13(9-22-14)15(18)21-3/h9H,4-8H2,1-3H3,(H,19,20). The van der Waals surface area contributed by atoms with E-state index in [0.29, 0.717) is 18.7 Å². The highest BCUT2D eigenvalue weighted by atomic mass is 32.1. The summed E-state index contributed by atoms with van der Waals surface area (Å²) in [5.41, 5.74) is 4.14. The number of thiophene rings is 1. The highest BCUT2D eigenvalue weighted by Crippen LogP contribution is 2.36. The summed E-state index contributed by atoms with van der Waals surface area (Å²) < 4.78 is 4.81. The van der Waals surface area contributed by atoms with E-state index in [-0.39, 0.29) is 5.97 Å². The second-order valence-corrected chi connectivity index (χ2v) is 6.18. The van der Waals surface area contributed by atoms with Gasteiger partial charge in [0.15, 0.2) is 0 Å². The molecule has 0 aliphatic carbocycles. The molecule has 1 aromatic heterocycles. The zero-order valence-electron chi connectivity index (χ0n) is 13.1. The van der Waals surface area contributed by atoms with Gasteiger partial charge in [-0.2, -0.15) is 0 Å². The molecule has 0 aromatic carbocycles.